The van der Waals surface area contributed by atoms with E-state index in [-0.39, 0.29) is 5.78 Å². The van der Waals surface area contributed by atoms with Gasteiger partial charge in [0.1, 0.15) is 5.76 Å². The highest BCUT2D eigenvalue weighted by molar-refractivity contribution is 5.98. The van der Waals surface area contributed by atoms with Crippen LogP contribution >= 0.6 is 0 Å². The third-order valence-electron chi connectivity index (χ3n) is 2.80. The second-order valence-corrected chi connectivity index (χ2v) is 4.00. The summed E-state index contributed by atoms with van der Waals surface area (Å²) in [6.07, 6.45) is 4.65. The molecule has 0 radical (unpaired) electrons. The topological polar surface area (TPSA) is 43.1 Å². The quantitative estimate of drug-likeness (QED) is 0.757. The van der Waals surface area contributed by atoms with E-state index in [1.54, 1.807) is 13.0 Å². The summed E-state index contributed by atoms with van der Waals surface area (Å²) in [4.78, 5) is 16.2. The second-order valence-electron chi connectivity index (χ2n) is 4.00. The molecule has 0 amide bonds. The summed E-state index contributed by atoms with van der Waals surface area (Å²) in [5.74, 6) is 0.716. The van der Waals surface area contributed by atoms with E-state index >= 15 is 0 Å². The lowest BCUT2D eigenvalue weighted by Gasteiger charge is -2.01. The molecule has 0 N–H and O–H groups in total. The van der Waals surface area contributed by atoms with Crippen molar-refractivity contribution in [1.82, 2.24) is 4.98 Å². The molecule has 0 fully saturated rings. The lowest BCUT2D eigenvalue weighted by molar-refractivity contribution is 0.0990. The lowest BCUT2D eigenvalue weighted by atomic mass is 10.1. The van der Waals surface area contributed by atoms with Gasteiger partial charge >= 0.3 is 0 Å². The highest BCUT2D eigenvalue weighted by Crippen LogP contribution is 2.12. The van der Waals surface area contributed by atoms with Gasteiger partial charge in [-0.15, -0.1) is 0 Å². The molecule has 88 valence electrons. The Morgan fingerprint density at radius 2 is 2.18 bits per heavy atom. The van der Waals surface area contributed by atoms with Crippen molar-refractivity contribution in [2.45, 2.75) is 26.7 Å². The monoisotopic (exact) mass is 229 g/mol. The van der Waals surface area contributed by atoms with Crippen molar-refractivity contribution >= 4 is 5.78 Å². The average Bonchev–Trinajstić information content (AvgIpc) is 2.76. The zero-order valence-corrected chi connectivity index (χ0v) is 10.1. The van der Waals surface area contributed by atoms with E-state index in [0.717, 1.165) is 12.1 Å². The van der Waals surface area contributed by atoms with Gasteiger partial charge in [-0.05, 0) is 31.0 Å². The number of ketones is 1. The molecule has 3 nitrogen and oxygen atoms in total. The number of aromatic nitrogens is 1. The van der Waals surface area contributed by atoms with Crippen molar-refractivity contribution in [3.63, 3.8) is 0 Å². The first kappa shape index (κ1) is 11.6. The van der Waals surface area contributed by atoms with Crippen molar-refractivity contribution in [3.8, 4) is 0 Å². The number of nitrogens with zero attached hydrogens (tertiary/aromatic N) is 1. The molecule has 2 aromatic heterocycles. The largest absolute Gasteiger partial charge is 0.469 e. The first-order valence-electron chi connectivity index (χ1n) is 5.71. The number of carbonyl (C=O) groups excluding carboxylic acids is 1. The predicted molar refractivity (Wildman–Crippen MR) is 65.1 cm³/mol. The van der Waals surface area contributed by atoms with Gasteiger partial charge in [0.05, 0.1) is 18.2 Å². The molecule has 0 aliphatic rings. The molecule has 0 atom stereocenters. The zero-order chi connectivity index (χ0) is 12.3. The van der Waals surface area contributed by atoms with E-state index in [0.29, 0.717) is 17.7 Å². The van der Waals surface area contributed by atoms with Crippen LogP contribution in [0, 0.1) is 6.92 Å². The Morgan fingerprint density at radius 1 is 1.35 bits per heavy atom. The fourth-order valence-electron chi connectivity index (χ4n) is 1.70. The van der Waals surface area contributed by atoms with Crippen LogP contribution < -0.4 is 0 Å². The van der Waals surface area contributed by atoms with Gasteiger partial charge in [-0.3, -0.25) is 9.78 Å². The van der Waals surface area contributed by atoms with Gasteiger partial charge < -0.3 is 4.42 Å². The standard InChI is InChI=1S/C14H15NO2/c1-3-11-4-5-12(15-9-11)8-14(16)13-6-7-17-10(13)2/h4-7,9H,3,8H2,1-2H3. The summed E-state index contributed by atoms with van der Waals surface area (Å²) in [5, 5.41) is 0. The minimum Gasteiger partial charge on any atom is -0.469 e. The normalized spacial score (nSPS) is 10.5. The molecule has 2 heterocycles. The Bertz CT molecular complexity index is 511. The number of rotatable bonds is 4. The van der Waals surface area contributed by atoms with Crippen LogP contribution in [0.4, 0.5) is 0 Å². The van der Waals surface area contributed by atoms with E-state index in [1.807, 2.05) is 18.3 Å². The number of aryl methyl sites for hydroxylation is 2. The van der Waals surface area contributed by atoms with Crippen molar-refractivity contribution in [3.05, 3.63) is 53.2 Å². The number of hydrogen-bond acceptors (Lipinski definition) is 3. The number of pyridine rings is 1. The Hall–Kier alpha value is -1.90. The Morgan fingerprint density at radius 3 is 2.71 bits per heavy atom. The number of Topliss-reactive ketones (excluding diaryl/α,β-unsaturated/α-hetero) is 1. The molecule has 0 unspecified atom stereocenters. The second kappa shape index (κ2) is 4.95. The molecular weight excluding hydrogens is 214 g/mol. The number of hydrogen-bond donors (Lipinski definition) is 0. The summed E-state index contributed by atoms with van der Waals surface area (Å²) in [5.41, 5.74) is 2.62. The first-order chi connectivity index (χ1) is 8.20. The van der Waals surface area contributed by atoms with Crippen LogP contribution in [-0.2, 0) is 12.8 Å². The summed E-state index contributed by atoms with van der Waals surface area (Å²) in [6.45, 7) is 3.87. The molecule has 0 saturated heterocycles. The summed E-state index contributed by atoms with van der Waals surface area (Å²) in [6, 6.07) is 5.63. The van der Waals surface area contributed by atoms with E-state index in [2.05, 4.69) is 11.9 Å². The highest BCUT2D eigenvalue weighted by atomic mass is 16.3. The van der Waals surface area contributed by atoms with E-state index in [4.69, 9.17) is 4.42 Å². The predicted octanol–water partition coefficient (Wildman–Crippen LogP) is 2.97. The average molecular weight is 229 g/mol. The van der Waals surface area contributed by atoms with Crippen LogP contribution in [0.5, 0.6) is 0 Å². The van der Waals surface area contributed by atoms with Crippen LogP contribution in [-0.4, -0.2) is 10.8 Å². The maximum absolute atomic E-state index is 12.0. The third kappa shape index (κ3) is 2.61. The van der Waals surface area contributed by atoms with Crippen molar-refractivity contribution in [1.29, 1.82) is 0 Å². The van der Waals surface area contributed by atoms with E-state index in [9.17, 15) is 4.79 Å². The Balaban J connectivity index is 2.10. The van der Waals surface area contributed by atoms with Crippen LogP contribution in [0.2, 0.25) is 0 Å². The van der Waals surface area contributed by atoms with Crippen LogP contribution in [0.3, 0.4) is 0 Å². The number of furan rings is 1. The summed E-state index contributed by atoms with van der Waals surface area (Å²) < 4.78 is 5.12. The van der Waals surface area contributed by atoms with Gasteiger partial charge in [0.25, 0.3) is 0 Å². The first-order valence-corrected chi connectivity index (χ1v) is 5.71. The van der Waals surface area contributed by atoms with Gasteiger partial charge in [0, 0.05) is 11.9 Å². The molecule has 0 spiro atoms. The maximum Gasteiger partial charge on any atom is 0.172 e. The third-order valence-corrected chi connectivity index (χ3v) is 2.80. The van der Waals surface area contributed by atoms with E-state index in [1.165, 1.54) is 11.8 Å². The molecule has 0 saturated carbocycles. The molecular formula is C14H15NO2. The Labute approximate surface area is 100 Å². The molecule has 2 aromatic rings. The summed E-state index contributed by atoms with van der Waals surface area (Å²) >= 11 is 0. The lowest BCUT2D eigenvalue weighted by Crippen LogP contribution is -2.05. The van der Waals surface area contributed by atoms with Gasteiger partial charge in [-0.25, -0.2) is 0 Å². The van der Waals surface area contributed by atoms with Crippen molar-refractivity contribution < 1.29 is 9.21 Å². The molecule has 0 aliphatic carbocycles. The molecule has 17 heavy (non-hydrogen) atoms. The fraction of sp³-hybridized carbons (Fsp3) is 0.286. The van der Waals surface area contributed by atoms with E-state index < -0.39 is 0 Å². The minimum absolute atomic E-state index is 0.0491. The van der Waals surface area contributed by atoms with Crippen LogP contribution in [0.1, 0.15) is 34.3 Å². The molecule has 2 rings (SSSR count). The van der Waals surface area contributed by atoms with Crippen molar-refractivity contribution in [2.75, 3.05) is 0 Å². The van der Waals surface area contributed by atoms with Gasteiger partial charge in [0.15, 0.2) is 5.78 Å². The molecule has 0 aromatic carbocycles. The van der Waals surface area contributed by atoms with Crippen LogP contribution in [0.15, 0.2) is 35.1 Å². The highest BCUT2D eigenvalue weighted by Gasteiger charge is 2.12. The molecule has 0 aliphatic heterocycles. The van der Waals surface area contributed by atoms with Crippen LogP contribution in [0.25, 0.3) is 0 Å². The van der Waals surface area contributed by atoms with Gasteiger partial charge in [-0.2, -0.15) is 0 Å². The fourth-order valence-corrected chi connectivity index (χ4v) is 1.70. The summed E-state index contributed by atoms with van der Waals surface area (Å²) in [7, 11) is 0. The van der Waals surface area contributed by atoms with Crippen molar-refractivity contribution in [2.24, 2.45) is 0 Å². The number of carbonyl (C=O) groups is 1. The molecule has 0 bridgehead atoms. The minimum atomic E-state index is 0.0491. The molecule has 3 heteroatoms. The van der Waals surface area contributed by atoms with Gasteiger partial charge in [0.2, 0.25) is 0 Å². The SMILES string of the molecule is CCc1ccc(CC(=O)c2ccoc2C)nc1. The smallest absolute Gasteiger partial charge is 0.172 e. The maximum atomic E-state index is 12.0. The Kier molecular flexibility index (Phi) is 3.38. The van der Waals surface area contributed by atoms with Gasteiger partial charge in [-0.1, -0.05) is 13.0 Å². The zero-order valence-electron chi connectivity index (χ0n) is 10.1.